The second kappa shape index (κ2) is 3.78. The molecule has 0 aromatic carbocycles. The van der Waals surface area contributed by atoms with Crippen molar-refractivity contribution in [2.75, 3.05) is 13.1 Å². The topological polar surface area (TPSA) is 40.5 Å². The van der Waals surface area contributed by atoms with E-state index in [-0.39, 0.29) is 5.92 Å². The molecule has 0 aromatic heterocycles. The summed E-state index contributed by atoms with van der Waals surface area (Å²) in [6.45, 7) is 6.74. The van der Waals surface area contributed by atoms with Gasteiger partial charge < -0.3 is 5.11 Å². The lowest BCUT2D eigenvalue weighted by atomic mass is 9.75. The van der Waals surface area contributed by atoms with E-state index in [1.807, 2.05) is 0 Å². The Morgan fingerprint density at radius 1 is 1.40 bits per heavy atom. The van der Waals surface area contributed by atoms with E-state index in [0.29, 0.717) is 11.5 Å². The molecule has 2 fully saturated rings. The molecule has 1 aliphatic heterocycles. The number of carbonyl (C=O) groups is 1. The number of aliphatic carboxylic acids is 1. The van der Waals surface area contributed by atoms with Gasteiger partial charge in [0.1, 0.15) is 0 Å². The molecule has 86 valence electrons. The average Bonchev–Trinajstić information content (AvgIpc) is 1.97. The number of hydrogen-bond donors (Lipinski definition) is 1. The van der Waals surface area contributed by atoms with E-state index >= 15 is 0 Å². The summed E-state index contributed by atoms with van der Waals surface area (Å²) in [7, 11) is 0. The second-order valence-corrected chi connectivity index (χ2v) is 5.83. The van der Waals surface area contributed by atoms with Gasteiger partial charge in [0.25, 0.3) is 0 Å². The Morgan fingerprint density at radius 2 is 2.13 bits per heavy atom. The van der Waals surface area contributed by atoms with Crippen molar-refractivity contribution in [2.24, 2.45) is 11.3 Å². The van der Waals surface area contributed by atoms with Gasteiger partial charge in [0.2, 0.25) is 0 Å². The molecule has 0 radical (unpaired) electrons. The minimum absolute atomic E-state index is 0.0982. The zero-order valence-corrected chi connectivity index (χ0v) is 9.70. The van der Waals surface area contributed by atoms with Gasteiger partial charge in [-0.15, -0.1) is 0 Å². The first-order chi connectivity index (χ1) is 6.99. The van der Waals surface area contributed by atoms with Gasteiger partial charge in [-0.05, 0) is 37.6 Å². The number of rotatable bonds is 2. The molecule has 15 heavy (non-hydrogen) atoms. The quantitative estimate of drug-likeness (QED) is 0.759. The molecule has 1 saturated carbocycles. The number of likely N-dealkylation sites (tertiary alicyclic amines) is 1. The average molecular weight is 211 g/mol. The summed E-state index contributed by atoms with van der Waals surface area (Å²) in [5.41, 5.74) is 0.372. The largest absolute Gasteiger partial charge is 0.481 e. The third-order valence-electron chi connectivity index (χ3n) is 3.95. The first kappa shape index (κ1) is 10.9. The summed E-state index contributed by atoms with van der Waals surface area (Å²) >= 11 is 0. The fourth-order valence-electron chi connectivity index (χ4n) is 2.96. The van der Waals surface area contributed by atoms with Crippen LogP contribution in [-0.4, -0.2) is 35.1 Å². The highest BCUT2D eigenvalue weighted by molar-refractivity contribution is 5.72. The van der Waals surface area contributed by atoms with Crippen LogP contribution in [0.4, 0.5) is 0 Å². The first-order valence-corrected chi connectivity index (χ1v) is 5.96. The van der Waals surface area contributed by atoms with Crippen molar-refractivity contribution in [3.05, 3.63) is 0 Å². The van der Waals surface area contributed by atoms with Crippen LogP contribution in [0.15, 0.2) is 0 Å². The van der Waals surface area contributed by atoms with Crippen LogP contribution in [0.1, 0.15) is 39.5 Å². The predicted octanol–water partition coefficient (Wildman–Crippen LogP) is 1.97. The lowest BCUT2D eigenvalue weighted by Crippen LogP contribution is -2.54. The minimum atomic E-state index is -0.602. The van der Waals surface area contributed by atoms with Gasteiger partial charge in [0.05, 0.1) is 5.92 Å². The van der Waals surface area contributed by atoms with Crippen molar-refractivity contribution in [3.63, 3.8) is 0 Å². The maximum Gasteiger partial charge on any atom is 0.308 e. The Labute approximate surface area is 91.5 Å². The molecule has 1 aliphatic carbocycles. The van der Waals surface area contributed by atoms with Crippen LogP contribution in [0.2, 0.25) is 0 Å². The summed E-state index contributed by atoms with van der Waals surface area (Å²) < 4.78 is 0. The van der Waals surface area contributed by atoms with Gasteiger partial charge in [-0.25, -0.2) is 0 Å². The maximum absolute atomic E-state index is 11.0. The van der Waals surface area contributed by atoms with E-state index in [1.54, 1.807) is 0 Å². The van der Waals surface area contributed by atoms with E-state index in [4.69, 9.17) is 5.11 Å². The number of piperidine rings is 1. The molecular formula is C12H21NO2. The monoisotopic (exact) mass is 211 g/mol. The molecule has 0 bridgehead atoms. The van der Waals surface area contributed by atoms with E-state index < -0.39 is 5.97 Å². The Kier molecular flexibility index (Phi) is 2.75. The van der Waals surface area contributed by atoms with E-state index in [9.17, 15) is 4.79 Å². The van der Waals surface area contributed by atoms with E-state index in [0.717, 1.165) is 25.9 Å². The lowest BCUT2D eigenvalue weighted by molar-refractivity contribution is -0.150. The molecule has 1 heterocycles. The van der Waals surface area contributed by atoms with Crippen molar-refractivity contribution < 1.29 is 9.90 Å². The summed E-state index contributed by atoms with van der Waals surface area (Å²) in [5.74, 6) is -0.700. The molecular weight excluding hydrogens is 190 g/mol. The highest BCUT2D eigenvalue weighted by Crippen LogP contribution is 2.37. The number of hydrogen-bond acceptors (Lipinski definition) is 2. The number of nitrogens with zero attached hydrogens (tertiary/aromatic N) is 1. The summed E-state index contributed by atoms with van der Waals surface area (Å²) in [6, 6.07) is 0.321. The van der Waals surface area contributed by atoms with Crippen molar-refractivity contribution >= 4 is 5.97 Å². The van der Waals surface area contributed by atoms with Crippen LogP contribution in [0.3, 0.4) is 0 Å². The van der Waals surface area contributed by atoms with Crippen molar-refractivity contribution in [1.29, 1.82) is 0 Å². The minimum Gasteiger partial charge on any atom is -0.481 e. The molecule has 2 rings (SSSR count). The van der Waals surface area contributed by atoms with E-state index in [2.05, 4.69) is 18.7 Å². The van der Waals surface area contributed by atoms with Crippen LogP contribution < -0.4 is 0 Å². The lowest BCUT2D eigenvalue weighted by Gasteiger charge is -2.48. The highest BCUT2D eigenvalue weighted by atomic mass is 16.4. The fraction of sp³-hybridized carbons (Fsp3) is 0.917. The highest BCUT2D eigenvalue weighted by Gasteiger charge is 2.42. The molecule has 2 aliphatic rings. The van der Waals surface area contributed by atoms with E-state index in [1.165, 1.54) is 12.8 Å². The molecule has 0 aromatic rings. The SMILES string of the molecule is CC1(C)CCCN(C2CCC2C(=O)O)C1. The fourth-order valence-corrected chi connectivity index (χ4v) is 2.96. The maximum atomic E-state index is 11.0. The van der Waals surface area contributed by atoms with Crippen LogP contribution in [0.5, 0.6) is 0 Å². The Morgan fingerprint density at radius 3 is 2.60 bits per heavy atom. The Bertz CT molecular complexity index is 262. The zero-order valence-electron chi connectivity index (χ0n) is 9.70. The van der Waals surface area contributed by atoms with Gasteiger partial charge in [-0.1, -0.05) is 13.8 Å². The van der Waals surface area contributed by atoms with Crippen molar-refractivity contribution in [3.8, 4) is 0 Å². The van der Waals surface area contributed by atoms with Gasteiger partial charge in [-0.3, -0.25) is 9.69 Å². The molecule has 0 amide bonds. The van der Waals surface area contributed by atoms with Gasteiger partial charge >= 0.3 is 5.97 Å². The molecule has 3 nitrogen and oxygen atoms in total. The van der Waals surface area contributed by atoms with Crippen molar-refractivity contribution in [1.82, 2.24) is 4.90 Å². The molecule has 3 heteroatoms. The Hall–Kier alpha value is -0.570. The molecule has 2 unspecified atom stereocenters. The third kappa shape index (κ3) is 2.17. The smallest absolute Gasteiger partial charge is 0.308 e. The first-order valence-electron chi connectivity index (χ1n) is 5.96. The number of carboxylic acid groups (broad SMARTS) is 1. The predicted molar refractivity (Wildman–Crippen MR) is 58.7 cm³/mol. The van der Waals surface area contributed by atoms with Crippen LogP contribution in [0, 0.1) is 11.3 Å². The second-order valence-electron chi connectivity index (χ2n) is 5.83. The van der Waals surface area contributed by atoms with Gasteiger partial charge in [0, 0.05) is 12.6 Å². The molecule has 1 saturated heterocycles. The van der Waals surface area contributed by atoms with Crippen LogP contribution in [-0.2, 0) is 4.79 Å². The molecule has 1 N–H and O–H groups in total. The normalized spacial score (nSPS) is 35.9. The van der Waals surface area contributed by atoms with Crippen LogP contribution >= 0.6 is 0 Å². The summed E-state index contributed by atoms with van der Waals surface area (Å²) in [5, 5.41) is 9.04. The number of carboxylic acids is 1. The molecule has 2 atom stereocenters. The van der Waals surface area contributed by atoms with Crippen LogP contribution in [0.25, 0.3) is 0 Å². The zero-order chi connectivity index (χ0) is 11.1. The summed E-state index contributed by atoms with van der Waals surface area (Å²) in [6.07, 6.45) is 4.44. The molecule has 0 spiro atoms. The van der Waals surface area contributed by atoms with Gasteiger partial charge in [0.15, 0.2) is 0 Å². The third-order valence-corrected chi connectivity index (χ3v) is 3.95. The van der Waals surface area contributed by atoms with Crippen molar-refractivity contribution in [2.45, 2.75) is 45.6 Å². The van der Waals surface area contributed by atoms with Gasteiger partial charge in [-0.2, -0.15) is 0 Å². The Balaban J connectivity index is 1.96. The summed E-state index contributed by atoms with van der Waals surface area (Å²) in [4.78, 5) is 13.4. The standard InChI is InChI=1S/C12H21NO2/c1-12(2)6-3-7-13(8-12)10-5-4-9(10)11(14)15/h9-10H,3-8H2,1-2H3,(H,14,15).